The van der Waals surface area contributed by atoms with E-state index in [-0.39, 0.29) is 18.0 Å². The van der Waals surface area contributed by atoms with Gasteiger partial charge in [-0.25, -0.2) is 9.37 Å². The molecule has 0 aliphatic rings. The number of benzene rings is 1. The van der Waals surface area contributed by atoms with Crippen molar-refractivity contribution in [1.29, 1.82) is 0 Å². The Hall–Kier alpha value is -2.17. The lowest BCUT2D eigenvalue weighted by atomic mass is 10.3. The van der Waals surface area contributed by atoms with E-state index < -0.39 is 0 Å². The Morgan fingerprint density at radius 1 is 1.39 bits per heavy atom. The molecule has 0 aliphatic heterocycles. The second-order valence-corrected chi connectivity index (χ2v) is 3.96. The predicted octanol–water partition coefficient (Wildman–Crippen LogP) is 1.81. The molecule has 5 heteroatoms. The van der Waals surface area contributed by atoms with Gasteiger partial charge in [-0.05, 0) is 19.1 Å². The van der Waals surface area contributed by atoms with E-state index in [1.807, 2.05) is 0 Å². The Morgan fingerprint density at radius 2 is 2.17 bits per heavy atom. The van der Waals surface area contributed by atoms with Crippen molar-refractivity contribution in [2.24, 2.45) is 7.05 Å². The van der Waals surface area contributed by atoms with Gasteiger partial charge in [0.15, 0.2) is 0 Å². The van der Waals surface area contributed by atoms with Gasteiger partial charge in [0, 0.05) is 24.9 Å². The largest absolute Gasteiger partial charge is 0.486 e. The summed E-state index contributed by atoms with van der Waals surface area (Å²) in [5, 5.41) is 0. The number of hydrogen-bond donors (Lipinski definition) is 0. The summed E-state index contributed by atoms with van der Waals surface area (Å²) in [5.74, 6) is 0.550. The van der Waals surface area contributed by atoms with Crippen LogP contribution in [0.5, 0.6) is 5.75 Å². The zero-order valence-electron chi connectivity index (χ0n) is 10.2. The number of aromatic nitrogens is 2. The van der Waals surface area contributed by atoms with Gasteiger partial charge in [0.25, 0.3) is 5.56 Å². The lowest BCUT2D eigenvalue weighted by Gasteiger charge is -2.09. The molecule has 0 unspecified atom stereocenters. The van der Waals surface area contributed by atoms with Crippen molar-refractivity contribution in [1.82, 2.24) is 9.55 Å². The molecular weight excluding hydrogens is 235 g/mol. The van der Waals surface area contributed by atoms with E-state index in [0.29, 0.717) is 17.3 Å². The van der Waals surface area contributed by atoms with E-state index >= 15 is 0 Å². The molecule has 0 saturated carbocycles. The van der Waals surface area contributed by atoms with Crippen LogP contribution in [0.4, 0.5) is 4.39 Å². The molecule has 1 aromatic carbocycles. The molecule has 0 aliphatic carbocycles. The Morgan fingerprint density at radius 3 is 2.89 bits per heavy atom. The highest BCUT2D eigenvalue weighted by molar-refractivity contribution is 5.22. The zero-order chi connectivity index (χ0) is 13.1. The number of ether oxygens (including phenoxy) is 1. The summed E-state index contributed by atoms with van der Waals surface area (Å²) >= 11 is 0. The number of halogens is 1. The van der Waals surface area contributed by atoms with Crippen molar-refractivity contribution in [3.63, 3.8) is 0 Å². The lowest BCUT2D eigenvalue weighted by molar-refractivity contribution is 0.287. The minimum absolute atomic E-state index is 0.122. The fraction of sp³-hybridized carbons (Fsp3) is 0.231. The Labute approximate surface area is 104 Å². The molecule has 1 heterocycles. The van der Waals surface area contributed by atoms with Crippen LogP contribution >= 0.6 is 0 Å². The zero-order valence-corrected chi connectivity index (χ0v) is 10.2. The third kappa shape index (κ3) is 2.74. The van der Waals surface area contributed by atoms with Gasteiger partial charge in [-0.3, -0.25) is 9.36 Å². The van der Waals surface area contributed by atoms with Crippen molar-refractivity contribution >= 4 is 0 Å². The summed E-state index contributed by atoms with van der Waals surface area (Å²) < 4.78 is 19.8. The maximum Gasteiger partial charge on any atom is 0.253 e. The average molecular weight is 248 g/mol. The first-order valence-electron chi connectivity index (χ1n) is 5.48. The number of aryl methyl sites for hydroxylation is 1. The maximum atomic E-state index is 12.9. The van der Waals surface area contributed by atoms with Crippen molar-refractivity contribution < 1.29 is 9.13 Å². The molecule has 0 N–H and O–H groups in total. The van der Waals surface area contributed by atoms with Gasteiger partial charge in [-0.15, -0.1) is 0 Å². The normalized spacial score (nSPS) is 10.4. The predicted molar refractivity (Wildman–Crippen MR) is 64.9 cm³/mol. The van der Waals surface area contributed by atoms with Gasteiger partial charge in [-0.2, -0.15) is 0 Å². The van der Waals surface area contributed by atoms with E-state index in [0.717, 1.165) is 0 Å². The van der Waals surface area contributed by atoms with Crippen LogP contribution in [-0.2, 0) is 13.7 Å². The van der Waals surface area contributed by atoms with Crippen LogP contribution in [0.3, 0.4) is 0 Å². The van der Waals surface area contributed by atoms with Crippen molar-refractivity contribution in [3.8, 4) is 5.75 Å². The van der Waals surface area contributed by atoms with Crippen molar-refractivity contribution in [2.45, 2.75) is 13.5 Å². The molecule has 0 spiro atoms. The molecule has 0 radical (unpaired) electrons. The van der Waals surface area contributed by atoms with Crippen LogP contribution < -0.4 is 10.3 Å². The van der Waals surface area contributed by atoms with Crippen LogP contribution in [0.1, 0.15) is 11.5 Å². The summed E-state index contributed by atoms with van der Waals surface area (Å²) in [6, 6.07) is 7.29. The summed E-state index contributed by atoms with van der Waals surface area (Å²) in [7, 11) is 1.62. The summed E-state index contributed by atoms with van der Waals surface area (Å²) in [6.45, 7) is 1.87. The lowest BCUT2D eigenvalue weighted by Crippen LogP contribution is -2.23. The van der Waals surface area contributed by atoms with Crippen molar-refractivity contribution in [2.75, 3.05) is 0 Å². The molecule has 4 nitrogen and oxygen atoms in total. The molecule has 0 atom stereocenters. The first-order chi connectivity index (χ1) is 8.56. The van der Waals surface area contributed by atoms with Crippen LogP contribution in [0.15, 0.2) is 35.1 Å². The molecule has 1 aromatic heterocycles. The summed E-state index contributed by atoms with van der Waals surface area (Å²) in [6.07, 6.45) is 0. The van der Waals surface area contributed by atoms with E-state index in [1.165, 1.54) is 22.8 Å². The fourth-order valence-electron chi connectivity index (χ4n) is 1.55. The van der Waals surface area contributed by atoms with E-state index in [1.54, 1.807) is 26.1 Å². The minimum Gasteiger partial charge on any atom is -0.486 e. The maximum absolute atomic E-state index is 12.9. The molecule has 18 heavy (non-hydrogen) atoms. The molecule has 2 rings (SSSR count). The third-order valence-corrected chi connectivity index (χ3v) is 2.52. The molecule has 0 bridgehead atoms. The van der Waals surface area contributed by atoms with E-state index in [2.05, 4.69) is 4.98 Å². The van der Waals surface area contributed by atoms with E-state index in [4.69, 9.17) is 4.74 Å². The Kier molecular flexibility index (Phi) is 3.41. The van der Waals surface area contributed by atoms with Gasteiger partial charge in [0.1, 0.15) is 24.0 Å². The quantitative estimate of drug-likeness (QED) is 0.832. The highest BCUT2D eigenvalue weighted by Crippen LogP contribution is 2.13. The molecular formula is C13H13FN2O2. The smallest absolute Gasteiger partial charge is 0.253 e. The molecule has 0 saturated heterocycles. The van der Waals surface area contributed by atoms with Gasteiger partial charge >= 0.3 is 0 Å². The molecule has 0 amide bonds. The SMILES string of the molecule is Cc1cc(=O)n(C)c(COc2cccc(F)c2)n1. The Balaban J connectivity index is 2.18. The number of hydrogen-bond acceptors (Lipinski definition) is 3. The van der Waals surface area contributed by atoms with E-state index in [9.17, 15) is 9.18 Å². The van der Waals surface area contributed by atoms with Gasteiger partial charge < -0.3 is 4.74 Å². The van der Waals surface area contributed by atoms with Crippen molar-refractivity contribution in [3.05, 3.63) is 58.0 Å². The topological polar surface area (TPSA) is 44.1 Å². The van der Waals surface area contributed by atoms with Gasteiger partial charge in [-0.1, -0.05) is 6.07 Å². The van der Waals surface area contributed by atoms with Crippen LogP contribution in [-0.4, -0.2) is 9.55 Å². The molecule has 0 fully saturated rings. The highest BCUT2D eigenvalue weighted by Gasteiger charge is 2.04. The average Bonchev–Trinajstić information content (AvgIpc) is 2.32. The second kappa shape index (κ2) is 5.00. The summed E-state index contributed by atoms with van der Waals surface area (Å²) in [5.41, 5.74) is 0.497. The first kappa shape index (κ1) is 12.3. The number of rotatable bonds is 3. The number of nitrogens with zero attached hydrogens (tertiary/aromatic N) is 2. The molecule has 2 aromatic rings. The Bertz CT molecular complexity index is 623. The monoisotopic (exact) mass is 248 g/mol. The summed E-state index contributed by atoms with van der Waals surface area (Å²) in [4.78, 5) is 15.7. The van der Waals surface area contributed by atoms with Crippen LogP contribution in [0, 0.1) is 12.7 Å². The fourth-order valence-corrected chi connectivity index (χ4v) is 1.55. The third-order valence-electron chi connectivity index (χ3n) is 2.52. The van der Waals surface area contributed by atoms with Crippen LogP contribution in [0.25, 0.3) is 0 Å². The minimum atomic E-state index is -0.362. The van der Waals surface area contributed by atoms with Gasteiger partial charge in [0.05, 0.1) is 0 Å². The standard InChI is InChI=1S/C13H13FN2O2/c1-9-6-13(17)16(2)12(15-9)8-18-11-5-3-4-10(14)7-11/h3-7H,8H2,1-2H3. The molecule has 94 valence electrons. The van der Waals surface area contributed by atoms with Crippen LogP contribution in [0.2, 0.25) is 0 Å². The first-order valence-corrected chi connectivity index (χ1v) is 5.48. The van der Waals surface area contributed by atoms with Gasteiger partial charge in [0.2, 0.25) is 0 Å². The highest BCUT2D eigenvalue weighted by atomic mass is 19.1. The second-order valence-electron chi connectivity index (χ2n) is 3.96.